The number of fused-ring (bicyclic) bond motifs is 1. The van der Waals surface area contributed by atoms with Gasteiger partial charge in [0, 0.05) is 5.69 Å². The number of ether oxygens (including phenoxy) is 3. The van der Waals surface area contributed by atoms with Gasteiger partial charge < -0.3 is 19.5 Å². The first-order chi connectivity index (χ1) is 18.0. The Morgan fingerprint density at radius 2 is 1.78 bits per heavy atom. The Kier molecular flexibility index (Phi) is 8.64. The van der Waals surface area contributed by atoms with E-state index in [2.05, 4.69) is 46.1 Å². The minimum atomic E-state index is -0.503. The summed E-state index contributed by atoms with van der Waals surface area (Å²) >= 11 is 2.17. The molecule has 37 heavy (non-hydrogen) atoms. The van der Waals surface area contributed by atoms with Crippen LogP contribution in [-0.4, -0.2) is 19.6 Å². The van der Waals surface area contributed by atoms with Gasteiger partial charge in [-0.25, -0.2) is 0 Å². The summed E-state index contributed by atoms with van der Waals surface area (Å²) in [6.45, 7) is 2.83. The van der Waals surface area contributed by atoms with Crippen LogP contribution in [0.2, 0.25) is 0 Å². The van der Waals surface area contributed by atoms with Crippen molar-refractivity contribution < 1.29 is 19.0 Å². The number of carbonyl (C=O) groups is 1. The monoisotopic (exact) mass is 604 g/mol. The summed E-state index contributed by atoms with van der Waals surface area (Å²) in [5.41, 5.74) is 2.25. The van der Waals surface area contributed by atoms with E-state index in [-0.39, 0.29) is 5.57 Å². The molecule has 0 spiro atoms. The van der Waals surface area contributed by atoms with Gasteiger partial charge in [-0.2, -0.15) is 5.26 Å². The molecule has 4 aromatic rings. The Bertz CT molecular complexity index is 1480. The average molecular weight is 604 g/mol. The maximum absolute atomic E-state index is 12.7. The van der Waals surface area contributed by atoms with Gasteiger partial charge in [0.1, 0.15) is 24.0 Å². The molecule has 1 amide bonds. The van der Waals surface area contributed by atoms with Crippen molar-refractivity contribution in [3.8, 4) is 23.3 Å². The van der Waals surface area contributed by atoms with Crippen molar-refractivity contribution in [3.05, 3.63) is 99.1 Å². The molecule has 0 saturated carbocycles. The Hall–Kier alpha value is -4.03. The van der Waals surface area contributed by atoms with Crippen LogP contribution in [0.5, 0.6) is 17.2 Å². The van der Waals surface area contributed by atoms with E-state index in [0.717, 1.165) is 19.9 Å². The molecule has 0 saturated heterocycles. The highest BCUT2D eigenvalue weighted by Gasteiger charge is 2.15. The predicted octanol–water partition coefficient (Wildman–Crippen LogP) is 6.98. The van der Waals surface area contributed by atoms with Crippen molar-refractivity contribution in [3.63, 3.8) is 0 Å². The molecule has 0 heterocycles. The molecular formula is C30H25IN2O4. The lowest BCUT2D eigenvalue weighted by Gasteiger charge is -2.15. The highest BCUT2D eigenvalue weighted by atomic mass is 127. The number of nitrogens with one attached hydrogen (secondary N) is 1. The second-order valence-corrected chi connectivity index (χ2v) is 9.20. The van der Waals surface area contributed by atoms with Crippen LogP contribution in [0, 0.1) is 14.9 Å². The quantitative estimate of drug-likeness (QED) is 0.127. The molecule has 6 nitrogen and oxygen atoms in total. The van der Waals surface area contributed by atoms with Crippen LogP contribution in [-0.2, 0) is 11.4 Å². The number of methoxy groups -OCH3 is 1. The average Bonchev–Trinajstić information content (AvgIpc) is 2.92. The van der Waals surface area contributed by atoms with Gasteiger partial charge in [-0.05, 0) is 93.9 Å². The summed E-state index contributed by atoms with van der Waals surface area (Å²) in [5.74, 6) is 1.33. The Morgan fingerprint density at radius 3 is 2.51 bits per heavy atom. The SMILES string of the molecule is CCOc1ccc(NC(=O)C(C#N)=Cc2cc(I)c(OCc3cccc4ccccc34)c(OC)c2)cc1. The number of carbonyl (C=O) groups excluding carboxylic acids is 1. The van der Waals surface area contributed by atoms with Crippen molar-refractivity contribution in [1.82, 2.24) is 0 Å². The fourth-order valence-electron chi connectivity index (χ4n) is 3.85. The molecule has 0 aliphatic heterocycles. The Balaban J connectivity index is 1.53. The van der Waals surface area contributed by atoms with Crippen LogP contribution in [0.25, 0.3) is 16.8 Å². The number of rotatable bonds is 9. The fraction of sp³-hybridized carbons (Fsp3) is 0.133. The van der Waals surface area contributed by atoms with E-state index >= 15 is 0 Å². The van der Waals surface area contributed by atoms with Crippen LogP contribution in [0.3, 0.4) is 0 Å². The molecule has 0 unspecified atom stereocenters. The number of nitrogens with zero attached hydrogens (tertiary/aromatic N) is 1. The molecular weight excluding hydrogens is 579 g/mol. The maximum Gasteiger partial charge on any atom is 0.266 e. The summed E-state index contributed by atoms with van der Waals surface area (Å²) in [5, 5.41) is 14.7. The van der Waals surface area contributed by atoms with E-state index in [1.54, 1.807) is 37.4 Å². The van der Waals surface area contributed by atoms with Crippen molar-refractivity contribution in [2.75, 3.05) is 19.0 Å². The fourth-order valence-corrected chi connectivity index (χ4v) is 4.63. The number of benzene rings is 4. The Labute approximate surface area is 229 Å². The van der Waals surface area contributed by atoms with Crippen LogP contribution in [0.1, 0.15) is 18.1 Å². The van der Waals surface area contributed by atoms with Gasteiger partial charge in [0.05, 0.1) is 17.3 Å². The summed E-state index contributed by atoms with van der Waals surface area (Å²) in [6, 6.07) is 26.9. The first-order valence-electron chi connectivity index (χ1n) is 11.7. The van der Waals surface area contributed by atoms with Crippen molar-refractivity contribution in [1.29, 1.82) is 5.26 Å². The van der Waals surface area contributed by atoms with E-state index in [0.29, 0.717) is 41.7 Å². The Morgan fingerprint density at radius 1 is 1.03 bits per heavy atom. The molecule has 4 rings (SSSR count). The van der Waals surface area contributed by atoms with Crippen LogP contribution >= 0.6 is 22.6 Å². The van der Waals surface area contributed by atoms with E-state index in [1.807, 2.05) is 43.3 Å². The molecule has 0 fully saturated rings. The van der Waals surface area contributed by atoms with Gasteiger partial charge in [-0.15, -0.1) is 0 Å². The van der Waals surface area contributed by atoms with Crippen molar-refractivity contribution in [2.24, 2.45) is 0 Å². The minimum absolute atomic E-state index is 0.0313. The molecule has 0 aliphatic rings. The first-order valence-corrected chi connectivity index (χ1v) is 12.7. The highest BCUT2D eigenvalue weighted by molar-refractivity contribution is 14.1. The zero-order valence-electron chi connectivity index (χ0n) is 20.5. The molecule has 1 N–H and O–H groups in total. The zero-order chi connectivity index (χ0) is 26.2. The third kappa shape index (κ3) is 6.40. The smallest absolute Gasteiger partial charge is 0.266 e. The summed E-state index contributed by atoms with van der Waals surface area (Å²) in [4.78, 5) is 12.7. The second kappa shape index (κ2) is 12.3. The third-order valence-corrected chi connectivity index (χ3v) is 6.40. The number of anilines is 1. The van der Waals surface area contributed by atoms with Gasteiger partial charge in [-0.3, -0.25) is 4.79 Å². The van der Waals surface area contributed by atoms with Crippen molar-refractivity contribution >= 4 is 51.0 Å². The van der Waals surface area contributed by atoms with E-state index in [9.17, 15) is 10.1 Å². The summed E-state index contributed by atoms with van der Waals surface area (Å²) < 4.78 is 18.0. The lowest BCUT2D eigenvalue weighted by molar-refractivity contribution is -0.112. The number of hydrogen-bond donors (Lipinski definition) is 1. The maximum atomic E-state index is 12.7. The zero-order valence-corrected chi connectivity index (χ0v) is 22.6. The highest BCUT2D eigenvalue weighted by Crippen LogP contribution is 2.35. The molecule has 4 aromatic carbocycles. The lowest BCUT2D eigenvalue weighted by atomic mass is 10.1. The molecule has 0 atom stereocenters. The molecule has 186 valence electrons. The summed E-state index contributed by atoms with van der Waals surface area (Å²) in [6.07, 6.45) is 1.53. The van der Waals surface area contributed by atoms with Crippen LogP contribution in [0.4, 0.5) is 5.69 Å². The lowest BCUT2D eigenvalue weighted by Crippen LogP contribution is -2.13. The molecule has 0 bridgehead atoms. The molecule has 7 heteroatoms. The molecule has 0 radical (unpaired) electrons. The molecule has 0 aliphatic carbocycles. The number of halogens is 1. The third-order valence-electron chi connectivity index (χ3n) is 5.60. The minimum Gasteiger partial charge on any atom is -0.494 e. The normalized spacial score (nSPS) is 11.0. The van der Waals surface area contributed by atoms with Gasteiger partial charge in [0.2, 0.25) is 0 Å². The van der Waals surface area contributed by atoms with Crippen molar-refractivity contribution in [2.45, 2.75) is 13.5 Å². The van der Waals surface area contributed by atoms with Gasteiger partial charge in [0.25, 0.3) is 5.91 Å². The predicted molar refractivity (Wildman–Crippen MR) is 154 cm³/mol. The van der Waals surface area contributed by atoms with E-state index < -0.39 is 5.91 Å². The number of hydrogen-bond acceptors (Lipinski definition) is 5. The molecule has 0 aromatic heterocycles. The first kappa shape index (κ1) is 26.0. The van der Waals surface area contributed by atoms with Crippen LogP contribution < -0.4 is 19.5 Å². The van der Waals surface area contributed by atoms with E-state index in [4.69, 9.17) is 14.2 Å². The van der Waals surface area contributed by atoms with E-state index in [1.165, 1.54) is 6.08 Å². The number of amides is 1. The standard InChI is InChI=1S/C30H25IN2O4/c1-3-36-25-13-11-24(12-14-25)33-30(34)23(18-32)15-20-16-27(31)29(28(17-20)35-2)37-19-22-9-6-8-21-7-4-5-10-26(21)22/h4-17H,3,19H2,1-2H3,(H,33,34). The largest absolute Gasteiger partial charge is 0.494 e. The van der Waals surface area contributed by atoms with Gasteiger partial charge in [0.15, 0.2) is 11.5 Å². The summed E-state index contributed by atoms with van der Waals surface area (Å²) in [7, 11) is 1.56. The number of nitriles is 1. The van der Waals surface area contributed by atoms with Crippen LogP contribution in [0.15, 0.2) is 84.4 Å². The topological polar surface area (TPSA) is 80.6 Å². The van der Waals surface area contributed by atoms with Gasteiger partial charge >= 0.3 is 0 Å². The van der Waals surface area contributed by atoms with Gasteiger partial charge in [-0.1, -0.05) is 42.5 Å². The second-order valence-electron chi connectivity index (χ2n) is 8.04.